The van der Waals surface area contributed by atoms with Gasteiger partial charge >= 0.3 is 5.97 Å². The number of hydrogen-bond donors (Lipinski definition) is 0. The molecule has 0 bridgehead atoms. The summed E-state index contributed by atoms with van der Waals surface area (Å²) in [4.78, 5) is 31.4. The Morgan fingerprint density at radius 2 is 1.71 bits per heavy atom. The van der Waals surface area contributed by atoms with Gasteiger partial charge in [0.05, 0.1) is 13.2 Å². The van der Waals surface area contributed by atoms with Gasteiger partial charge in [0.25, 0.3) is 5.91 Å². The molecule has 0 N–H and O–H groups in total. The van der Waals surface area contributed by atoms with Crippen LogP contribution in [0.4, 0.5) is 0 Å². The molecule has 0 saturated carbocycles. The Morgan fingerprint density at radius 3 is 2.35 bits per heavy atom. The van der Waals surface area contributed by atoms with Crippen LogP contribution in [-0.4, -0.2) is 34.9 Å². The Bertz CT molecular complexity index is 997. The van der Waals surface area contributed by atoms with E-state index in [2.05, 4.69) is 31.0 Å². The zero-order valence-electron chi connectivity index (χ0n) is 18.2. The number of aromatic nitrogens is 1. The van der Waals surface area contributed by atoms with Crippen LogP contribution in [0, 0.1) is 5.92 Å². The second-order valence-electron chi connectivity index (χ2n) is 7.70. The highest BCUT2D eigenvalue weighted by Gasteiger charge is 2.20. The summed E-state index contributed by atoms with van der Waals surface area (Å²) < 4.78 is 5.01. The van der Waals surface area contributed by atoms with Gasteiger partial charge in [0, 0.05) is 17.5 Å². The molecule has 2 aromatic carbocycles. The Hall–Kier alpha value is -2.99. The minimum atomic E-state index is -0.429. The van der Waals surface area contributed by atoms with Crippen LogP contribution in [-0.2, 0) is 11.3 Å². The van der Waals surface area contributed by atoms with E-state index < -0.39 is 5.97 Å². The van der Waals surface area contributed by atoms with Gasteiger partial charge in [-0.2, -0.15) is 0 Å². The average molecular weight is 437 g/mol. The number of benzene rings is 2. The second-order valence-corrected chi connectivity index (χ2v) is 8.64. The fourth-order valence-corrected chi connectivity index (χ4v) is 3.91. The van der Waals surface area contributed by atoms with Gasteiger partial charge in [-0.3, -0.25) is 4.79 Å². The van der Waals surface area contributed by atoms with Crippen LogP contribution < -0.4 is 0 Å². The third-order valence-electron chi connectivity index (χ3n) is 4.86. The van der Waals surface area contributed by atoms with Crippen molar-refractivity contribution in [2.45, 2.75) is 33.7 Å². The molecule has 3 aromatic rings. The van der Waals surface area contributed by atoms with Crippen LogP contribution in [0.15, 0.2) is 60.0 Å². The van der Waals surface area contributed by atoms with Crippen molar-refractivity contribution in [2.24, 2.45) is 5.92 Å². The van der Waals surface area contributed by atoms with Gasteiger partial charge in [-0.1, -0.05) is 56.3 Å². The summed E-state index contributed by atoms with van der Waals surface area (Å²) in [5, 5.41) is 2.41. The van der Waals surface area contributed by atoms with Gasteiger partial charge in [-0.25, -0.2) is 9.78 Å². The van der Waals surface area contributed by atoms with Crippen molar-refractivity contribution in [1.29, 1.82) is 0 Å². The van der Waals surface area contributed by atoms with Crippen LogP contribution in [0.25, 0.3) is 11.1 Å². The molecule has 0 radical (unpaired) electrons. The fraction of sp³-hybridized carbons (Fsp3) is 0.320. The number of amides is 1. The van der Waals surface area contributed by atoms with Crippen LogP contribution in [0.5, 0.6) is 0 Å². The third kappa shape index (κ3) is 6.25. The minimum absolute atomic E-state index is 0.0341. The van der Waals surface area contributed by atoms with Crippen LogP contribution in [0.1, 0.15) is 53.0 Å². The van der Waals surface area contributed by atoms with Gasteiger partial charge in [-0.05, 0) is 42.5 Å². The molecule has 0 unspecified atom stereocenters. The maximum Gasteiger partial charge on any atom is 0.357 e. The lowest BCUT2D eigenvalue weighted by Crippen LogP contribution is -2.32. The average Bonchev–Trinajstić information content (AvgIpc) is 3.26. The van der Waals surface area contributed by atoms with Gasteiger partial charge in [0.15, 0.2) is 5.69 Å². The normalized spacial score (nSPS) is 10.8. The summed E-state index contributed by atoms with van der Waals surface area (Å²) in [6.45, 7) is 7.35. The quantitative estimate of drug-likeness (QED) is 0.405. The second kappa shape index (κ2) is 10.9. The molecule has 0 aliphatic carbocycles. The summed E-state index contributed by atoms with van der Waals surface area (Å²) in [7, 11) is 0. The monoisotopic (exact) mass is 436 g/mol. The standard InChI is InChI=1S/C25H28N2O3S/c1-4-30-25(29)22-17-31-23(26-22)16-27(15-14-18(2)3)24(28)21-12-10-20(11-13-21)19-8-6-5-7-9-19/h5-13,17-18H,4,14-16H2,1-3H3. The largest absolute Gasteiger partial charge is 0.461 e. The minimum Gasteiger partial charge on any atom is -0.461 e. The number of rotatable bonds is 9. The summed E-state index contributed by atoms with van der Waals surface area (Å²) in [5.41, 5.74) is 3.13. The lowest BCUT2D eigenvalue weighted by molar-refractivity contribution is 0.0520. The third-order valence-corrected chi connectivity index (χ3v) is 5.70. The molecule has 6 heteroatoms. The van der Waals surface area contributed by atoms with Gasteiger partial charge in [0.1, 0.15) is 5.01 Å². The lowest BCUT2D eigenvalue weighted by Gasteiger charge is -2.23. The van der Waals surface area contributed by atoms with Crippen LogP contribution in [0.3, 0.4) is 0 Å². The maximum atomic E-state index is 13.3. The molecule has 0 spiro atoms. The number of hydrogen-bond acceptors (Lipinski definition) is 5. The first-order valence-electron chi connectivity index (χ1n) is 10.5. The lowest BCUT2D eigenvalue weighted by atomic mass is 10.0. The molecule has 162 valence electrons. The van der Waals surface area contributed by atoms with Crippen molar-refractivity contribution in [3.63, 3.8) is 0 Å². The highest BCUT2D eigenvalue weighted by Crippen LogP contribution is 2.21. The summed E-state index contributed by atoms with van der Waals surface area (Å²) in [6, 6.07) is 17.8. The van der Waals surface area contributed by atoms with E-state index in [0.717, 1.165) is 22.6 Å². The predicted octanol–water partition coefficient (Wildman–Crippen LogP) is 5.68. The molecule has 31 heavy (non-hydrogen) atoms. The van der Waals surface area contributed by atoms with E-state index in [1.54, 1.807) is 12.3 Å². The number of esters is 1. The predicted molar refractivity (Wildman–Crippen MR) is 124 cm³/mol. The van der Waals surface area contributed by atoms with Gasteiger partial charge < -0.3 is 9.64 Å². The van der Waals surface area contributed by atoms with Crippen molar-refractivity contribution in [3.8, 4) is 11.1 Å². The maximum absolute atomic E-state index is 13.3. The molecule has 0 atom stereocenters. The van der Waals surface area contributed by atoms with Crippen molar-refractivity contribution in [1.82, 2.24) is 9.88 Å². The molecule has 0 aliphatic heterocycles. The molecule has 5 nitrogen and oxygen atoms in total. The highest BCUT2D eigenvalue weighted by atomic mass is 32.1. The van der Waals surface area contributed by atoms with Crippen molar-refractivity contribution in [2.75, 3.05) is 13.2 Å². The smallest absolute Gasteiger partial charge is 0.357 e. The topological polar surface area (TPSA) is 59.5 Å². The molecule has 1 amide bonds. The molecule has 1 aromatic heterocycles. The van der Waals surface area contributed by atoms with E-state index in [4.69, 9.17) is 4.74 Å². The van der Waals surface area contributed by atoms with Crippen molar-refractivity contribution >= 4 is 23.2 Å². The Kier molecular flexibility index (Phi) is 7.95. The van der Waals surface area contributed by atoms with Crippen LogP contribution in [0.2, 0.25) is 0 Å². The highest BCUT2D eigenvalue weighted by molar-refractivity contribution is 7.09. The SMILES string of the molecule is CCOC(=O)c1csc(CN(CCC(C)C)C(=O)c2ccc(-c3ccccc3)cc2)n1. The van der Waals surface area contributed by atoms with E-state index in [0.29, 0.717) is 36.9 Å². The number of ether oxygens (including phenoxy) is 1. The fourth-order valence-electron chi connectivity index (χ4n) is 3.13. The molecule has 3 rings (SSSR count). The number of nitrogens with zero attached hydrogens (tertiary/aromatic N) is 2. The summed E-state index contributed by atoms with van der Waals surface area (Å²) in [6.07, 6.45) is 0.893. The molecular formula is C25H28N2O3S. The van der Waals surface area contributed by atoms with Gasteiger partial charge in [0.2, 0.25) is 0 Å². The molecule has 1 heterocycles. The van der Waals surface area contributed by atoms with E-state index in [-0.39, 0.29) is 5.91 Å². The Morgan fingerprint density at radius 1 is 1.03 bits per heavy atom. The zero-order chi connectivity index (χ0) is 22.2. The van der Waals surface area contributed by atoms with Crippen molar-refractivity contribution < 1.29 is 14.3 Å². The summed E-state index contributed by atoms with van der Waals surface area (Å²) in [5.74, 6) is 0.0110. The van der Waals surface area contributed by atoms with E-state index in [1.165, 1.54) is 11.3 Å². The first-order valence-corrected chi connectivity index (χ1v) is 11.4. The van der Waals surface area contributed by atoms with E-state index in [9.17, 15) is 9.59 Å². The van der Waals surface area contributed by atoms with Gasteiger partial charge in [-0.15, -0.1) is 11.3 Å². The first-order chi connectivity index (χ1) is 15.0. The number of thiazole rings is 1. The summed E-state index contributed by atoms with van der Waals surface area (Å²) >= 11 is 1.37. The molecule has 0 fully saturated rings. The molecular weight excluding hydrogens is 408 g/mol. The number of carbonyl (C=O) groups is 2. The molecule has 0 aliphatic rings. The Balaban J connectivity index is 1.76. The van der Waals surface area contributed by atoms with Crippen LogP contribution >= 0.6 is 11.3 Å². The number of carbonyl (C=O) groups excluding carboxylic acids is 2. The first kappa shape index (κ1) is 22.7. The zero-order valence-corrected chi connectivity index (χ0v) is 19.0. The molecule has 0 saturated heterocycles. The van der Waals surface area contributed by atoms with E-state index >= 15 is 0 Å². The Labute approximate surface area is 187 Å². The van der Waals surface area contributed by atoms with E-state index in [1.807, 2.05) is 47.4 Å². The van der Waals surface area contributed by atoms with Crippen molar-refractivity contribution in [3.05, 3.63) is 76.2 Å².